The van der Waals surface area contributed by atoms with E-state index in [0.717, 1.165) is 62.3 Å². The normalized spacial score (nSPS) is 23.6. The smallest absolute Gasteiger partial charge is 0.170 e. The van der Waals surface area contributed by atoms with Crippen molar-refractivity contribution in [3.63, 3.8) is 0 Å². The topological polar surface area (TPSA) is 56.4 Å². The van der Waals surface area contributed by atoms with E-state index in [9.17, 15) is 0 Å². The van der Waals surface area contributed by atoms with E-state index in [0.29, 0.717) is 0 Å². The van der Waals surface area contributed by atoms with E-state index < -0.39 is 0 Å². The summed E-state index contributed by atoms with van der Waals surface area (Å²) >= 11 is 5.71. The van der Waals surface area contributed by atoms with Crippen LogP contribution in [-0.4, -0.2) is 64.3 Å². The molecular formula is C20H27N5OS. The van der Waals surface area contributed by atoms with Gasteiger partial charge in [-0.1, -0.05) is 6.07 Å². The van der Waals surface area contributed by atoms with Crippen molar-refractivity contribution in [3.8, 4) is 0 Å². The Bertz CT molecular complexity index is 759. The number of aryl methyl sites for hydroxylation is 1. The number of morpholine rings is 1. The molecule has 2 aromatic rings. The molecule has 2 N–H and O–H groups in total. The highest BCUT2D eigenvalue weighted by Crippen LogP contribution is 2.38. The van der Waals surface area contributed by atoms with Gasteiger partial charge in [-0.15, -0.1) is 0 Å². The summed E-state index contributed by atoms with van der Waals surface area (Å²) in [4.78, 5) is 12.9. The largest absolute Gasteiger partial charge is 0.379 e. The van der Waals surface area contributed by atoms with Crippen LogP contribution in [0.15, 0.2) is 36.5 Å². The predicted octanol–water partition coefficient (Wildman–Crippen LogP) is 2.41. The van der Waals surface area contributed by atoms with Crippen molar-refractivity contribution in [1.82, 2.24) is 25.1 Å². The van der Waals surface area contributed by atoms with Crippen molar-refractivity contribution >= 4 is 17.3 Å². The maximum Gasteiger partial charge on any atom is 0.170 e. The fourth-order valence-corrected chi connectivity index (χ4v) is 4.30. The first kappa shape index (κ1) is 18.4. The number of aromatic amines is 1. The zero-order valence-corrected chi connectivity index (χ0v) is 16.5. The van der Waals surface area contributed by atoms with Gasteiger partial charge in [0, 0.05) is 43.8 Å². The molecule has 2 fully saturated rings. The molecule has 0 spiro atoms. The Kier molecular flexibility index (Phi) is 5.71. The Balaban J connectivity index is 1.50. The van der Waals surface area contributed by atoms with Crippen molar-refractivity contribution in [2.45, 2.75) is 25.4 Å². The van der Waals surface area contributed by atoms with Crippen LogP contribution >= 0.6 is 12.2 Å². The minimum absolute atomic E-state index is 0.0557. The van der Waals surface area contributed by atoms with E-state index >= 15 is 0 Å². The molecule has 2 aromatic heterocycles. The average molecular weight is 386 g/mol. The number of rotatable bonds is 6. The summed E-state index contributed by atoms with van der Waals surface area (Å²) < 4.78 is 5.44. The van der Waals surface area contributed by atoms with E-state index in [-0.39, 0.29) is 12.1 Å². The molecule has 0 amide bonds. The zero-order chi connectivity index (χ0) is 18.6. The highest BCUT2D eigenvalue weighted by Gasteiger charge is 2.40. The molecule has 0 radical (unpaired) electrons. The Labute approximate surface area is 165 Å². The van der Waals surface area contributed by atoms with Crippen LogP contribution in [0.3, 0.4) is 0 Å². The molecule has 4 heterocycles. The minimum Gasteiger partial charge on any atom is -0.379 e. The van der Waals surface area contributed by atoms with Crippen LogP contribution in [0.25, 0.3) is 0 Å². The molecule has 2 aliphatic heterocycles. The second kappa shape index (κ2) is 8.37. The predicted molar refractivity (Wildman–Crippen MR) is 110 cm³/mol. The van der Waals surface area contributed by atoms with Gasteiger partial charge in [-0.25, -0.2) is 0 Å². The monoisotopic (exact) mass is 385 g/mol. The van der Waals surface area contributed by atoms with Gasteiger partial charge in [-0.2, -0.15) is 0 Å². The molecule has 0 saturated carbocycles. The number of aromatic nitrogens is 2. The van der Waals surface area contributed by atoms with Gasteiger partial charge >= 0.3 is 0 Å². The zero-order valence-electron chi connectivity index (χ0n) is 15.7. The first-order chi connectivity index (χ1) is 13.2. The lowest BCUT2D eigenvalue weighted by molar-refractivity contribution is 0.0365. The van der Waals surface area contributed by atoms with Crippen molar-refractivity contribution < 1.29 is 4.74 Å². The molecule has 0 bridgehead atoms. The number of pyridine rings is 1. The number of hydrogen-bond donors (Lipinski definition) is 2. The summed E-state index contributed by atoms with van der Waals surface area (Å²) in [5.74, 6) is 0. The molecular weight excluding hydrogens is 358 g/mol. The van der Waals surface area contributed by atoms with Crippen LogP contribution < -0.4 is 5.32 Å². The van der Waals surface area contributed by atoms with Crippen molar-refractivity contribution in [1.29, 1.82) is 0 Å². The van der Waals surface area contributed by atoms with Crippen molar-refractivity contribution in [3.05, 3.63) is 53.6 Å². The maximum atomic E-state index is 5.71. The van der Waals surface area contributed by atoms with Crippen molar-refractivity contribution in [2.75, 3.05) is 39.4 Å². The maximum absolute atomic E-state index is 5.71. The summed E-state index contributed by atoms with van der Waals surface area (Å²) in [5, 5.41) is 4.32. The van der Waals surface area contributed by atoms with Crippen LogP contribution in [-0.2, 0) is 4.74 Å². The molecule has 0 aromatic carbocycles. The Morgan fingerprint density at radius 2 is 2.04 bits per heavy atom. The van der Waals surface area contributed by atoms with Gasteiger partial charge in [0.2, 0.25) is 0 Å². The van der Waals surface area contributed by atoms with Crippen LogP contribution in [0.2, 0.25) is 0 Å². The average Bonchev–Trinajstić information content (AvgIpc) is 3.27. The number of H-pyrrole nitrogens is 1. The van der Waals surface area contributed by atoms with Gasteiger partial charge in [0.15, 0.2) is 5.11 Å². The summed E-state index contributed by atoms with van der Waals surface area (Å²) in [6.07, 6.45) is 2.92. The number of nitrogens with one attached hydrogen (secondary N) is 2. The van der Waals surface area contributed by atoms with Gasteiger partial charge in [-0.05, 0) is 49.8 Å². The lowest BCUT2D eigenvalue weighted by Crippen LogP contribution is -2.39. The van der Waals surface area contributed by atoms with Crippen LogP contribution in [0.1, 0.15) is 35.6 Å². The molecule has 4 rings (SSSR count). The fourth-order valence-electron chi connectivity index (χ4n) is 3.97. The lowest BCUT2D eigenvalue weighted by Gasteiger charge is -2.30. The van der Waals surface area contributed by atoms with Gasteiger partial charge in [0.25, 0.3) is 0 Å². The molecule has 0 unspecified atom stereocenters. The van der Waals surface area contributed by atoms with E-state index in [4.69, 9.17) is 17.0 Å². The number of ether oxygens (including phenoxy) is 1. The second-order valence-corrected chi connectivity index (χ2v) is 7.61. The van der Waals surface area contributed by atoms with E-state index in [2.05, 4.69) is 50.2 Å². The van der Waals surface area contributed by atoms with E-state index in [1.54, 1.807) is 0 Å². The van der Waals surface area contributed by atoms with Crippen molar-refractivity contribution in [2.24, 2.45) is 0 Å². The molecule has 2 aliphatic rings. The van der Waals surface area contributed by atoms with Gasteiger partial charge in [0.05, 0.1) is 31.0 Å². The van der Waals surface area contributed by atoms with E-state index in [1.165, 1.54) is 5.69 Å². The molecule has 27 heavy (non-hydrogen) atoms. The summed E-state index contributed by atoms with van der Waals surface area (Å²) in [6, 6.07) is 10.5. The SMILES string of the molecule is Cc1ccc([C@@H]2[C@H](c3ccccn3)NC(=S)N2CCCN2CCOCC2)[nH]1. The minimum atomic E-state index is 0.0557. The third-order valence-corrected chi connectivity index (χ3v) is 5.70. The highest BCUT2D eigenvalue weighted by molar-refractivity contribution is 7.80. The fraction of sp³-hybridized carbons (Fsp3) is 0.500. The third kappa shape index (κ3) is 4.15. The Morgan fingerprint density at radius 3 is 2.74 bits per heavy atom. The molecule has 144 valence electrons. The summed E-state index contributed by atoms with van der Waals surface area (Å²) in [6.45, 7) is 7.83. The van der Waals surface area contributed by atoms with Crippen LogP contribution in [0.5, 0.6) is 0 Å². The van der Waals surface area contributed by atoms with Gasteiger partial charge < -0.3 is 19.9 Å². The van der Waals surface area contributed by atoms with E-state index in [1.807, 2.05) is 18.3 Å². The van der Waals surface area contributed by atoms with Crippen LogP contribution in [0, 0.1) is 6.92 Å². The second-order valence-electron chi connectivity index (χ2n) is 7.22. The molecule has 0 aliphatic carbocycles. The number of hydrogen-bond acceptors (Lipinski definition) is 4. The summed E-state index contributed by atoms with van der Waals surface area (Å²) in [7, 11) is 0. The van der Waals surface area contributed by atoms with Gasteiger partial charge in [0.1, 0.15) is 0 Å². The summed E-state index contributed by atoms with van der Waals surface area (Å²) in [5.41, 5.74) is 3.37. The number of nitrogens with zero attached hydrogens (tertiary/aromatic N) is 3. The highest BCUT2D eigenvalue weighted by atomic mass is 32.1. The molecule has 2 saturated heterocycles. The van der Waals surface area contributed by atoms with Gasteiger partial charge in [-0.3, -0.25) is 9.88 Å². The molecule has 2 atom stereocenters. The quantitative estimate of drug-likeness (QED) is 0.745. The Morgan fingerprint density at radius 1 is 1.19 bits per heavy atom. The Hall–Kier alpha value is -1.96. The van der Waals surface area contributed by atoms with Crippen LogP contribution in [0.4, 0.5) is 0 Å². The first-order valence-corrected chi connectivity index (χ1v) is 10.1. The molecule has 6 nitrogen and oxygen atoms in total. The first-order valence-electron chi connectivity index (χ1n) is 9.66. The number of thiocarbonyl (C=S) groups is 1. The lowest BCUT2D eigenvalue weighted by atomic mass is 10.0. The molecule has 7 heteroatoms. The standard InChI is InChI=1S/C20H27N5OS/c1-15-6-7-17(22-15)19-18(16-5-2-3-8-21-16)23-20(27)25(19)10-4-9-24-11-13-26-14-12-24/h2-3,5-8,18-19,22H,4,9-14H2,1H3,(H,23,27)/t18-,19+/m0/s1. The third-order valence-electron chi connectivity index (χ3n) is 5.35.